The normalized spacial score (nSPS) is 11.2. The van der Waals surface area contributed by atoms with E-state index in [1.165, 1.54) is 48.5 Å². The van der Waals surface area contributed by atoms with E-state index in [0.29, 0.717) is 5.75 Å². The first kappa shape index (κ1) is 42.3. The molecule has 4 aromatic rings. The van der Waals surface area contributed by atoms with Crippen molar-refractivity contribution in [2.75, 3.05) is 0 Å². The summed E-state index contributed by atoms with van der Waals surface area (Å²) in [5.41, 5.74) is 1.83. The van der Waals surface area contributed by atoms with Crippen molar-refractivity contribution in [3.05, 3.63) is 96.1 Å². The molecule has 260 valence electrons. The van der Waals surface area contributed by atoms with Crippen LogP contribution in [-0.2, 0) is 33.1 Å². The second-order valence-corrected chi connectivity index (χ2v) is 14.0. The number of phenols is 1. The number of benzene rings is 4. The molecule has 0 fully saturated rings. The van der Waals surface area contributed by atoms with Gasteiger partial charge in [0.25, 0.3) is 10.1 Å². The Hall–Kier alpha value is -2.84. The van der Waals surface area contributed by atoms with Crippen LogP contribution in [0.4, 0.5) is 0 Å². The van der Waals surface area contributed by atoms with E-state index in [0.717, 1.165) is 75.3 Å². The summed E-state index contributed by atoms with van der Waals surface area (Å²) in [5.74, 6) is 0.268. The number of ether oxygens (including phenoxy) is 2. The van der Waals surface area contributed by atoms with Crippen LogP contribution < -0.4 is 14.6 Å². The van der Waals surface area contributed by atoms with Crippen LogP contribution >= 0.6 is 0 Å². The molecule has 0 aliphatic heterocycles. The SMILES string of the molecule is CCCCCCc1ccc(S(=O)(=O)O)c(Oc2cccc(O)c2)c1.CCCCCCc1ccc(S(=O)(=O)[O-])c(Oc2cccc([O-])c2)c1.[Ca+2]. The van der Waals surface area contributed by atoms with Gasteiger partial charge in [0, 0.05) is 6.07 Å². The molecule has 4 aromatic carbocycles. The first-order chi connectivity index (χ1) is 22.8. The molecule has 0 aliphatic rings. The van der Waals surface area contributed by atoms with Crippen molar-refractivity contribution in [2.45, 2.75) is 87.8 Å². The summed E-state index contributed by atoms with van der Waals surface area (Å²) >= 11 is 0. The van der Waals surface area contributed by atoms with Gasteiger partial charge >= 0.3 is 37.7 Å². The van der Waals surface area contributed by atoms with Crippen molar-refractivity contribution in [3.8, 4) is 34.5 Å². The summed E-state index contributed by atoms with van der Waals surface area (Å²) in [5, 5.41) is 20.9. The van der Waals surface area contributed by atoms with E-state index in [9.17, 15) is 36.2 Å². The molecular formula is C36H42CaO10S2. The molecule has 0 atom stereocenters. The number of phenolic OH excluding ortho intramolecular Hbond substituents is 1. The van der Waals surface area contributed by atoms with Crippen molar-refractivity contribution >= 4 is 58.0 Å². The van der Waals surface area contributed by atoms with Crippen molar-refractivity contribution < 1.29 is 45.6 Å². The van der Waals surface area contributed by atoms with Crippen LogP contribution in [0.5, 0.6) is 34.5 Å². The van der Waals surface area contributed by atoms with Gasteiger partial charge in [-0.25, -0.2) is 8.42 Å². The van der Waals surface area contributed by atoms with Crippen molar-refractivity contribution in [2.24, 2.45) is 0 Å². The Bertz CT molecular complexity index is 1710. The zero-order valence-electron chi connectivity index (χ0n) is 27.8. The molecule has 4 rings (SSSR count). The minimum Gasteiger partial charge on any atom is -0.872 e. The van der Waals surface area contributed by atoms with Crippen LogP contribution in [0.2, 0.25) is 0 Å². The van der Waals surface area contributed by atoms with E-state index in [2.05, 4.69) is 13.8 Å². The maximum Gasteiger partial charge on any atom is 2.00 e. The minimum atomic E-state index is -4.66. The fourth-order valence-electron chi connectivity index (χ4n) is 4.85. The van der Waals surface area contributed by atoms with Crippen molar-refractivity contribution in [1.82, 2.24) is 0 Å². The quantitative estimate of drug-likeness (QED) is 0.0657. The monoisotopic (exact) mass is 738 g/mol. The summed E-state index contributed by atoms with van der Waals surface area (Å²) in [7, 11) is -9.06. The van der Waals surface area contributed by atoms with E-state index >= 15 is 0 Å². The number of aromatic hydroxyl groups is 1. The number of rotatable bonds is 16. The van der Waals surface area contributed by atoms with Crippen LogP contribution in [0.15, 0.2) is 94.7 Å². The van der Waals surface area contributed by atoms with Gasteiger partial charge in [-0.3, -0.25) is 4.55 Å². The van der Waals surface area contributed by atoms with Crippen LogP contribution in [0.3, 0.4) is 0 Å². The Morgan fingerprint density at radius 1 is 0.633 bits per heavy atom. The fraction of sp³-hybridized carbons (Fsp3) is 0.333. The smallest absolute Gasteiger partial charge is 0.872 e. The van der Waals surface area contributed by atoms with Crippen LogP contribution in [-0.4, -0.2) is 68.8 Å². The summed E-state index contributed by atoms with van der Waals surface area (Å²) in [6.07, 6.45) is 10.4. The third kappa shape index (κ3) is 14.9. The molecule has 0 radical (unpaired) electrons. The maximum atomic E-state index is 11.5. The molecule has 49 heavy (non-hydrogen) atoms. The number of hydrogen-bond donors (Lipinski definition) is 2. The Labute approximate surface area is 319 Å². The van der Waals surface area contributed by atoms with Gasteiger partial charge in [0.2, 0.25) is 0 Å². The predicted molar refractivity (Wildman–Crippen MR) is 186 cm³/mol. The minimum absolute atomic E-state index is 0. The van der Waals surface area contributed by atoms with Gasteiger partial charge < -0.3 is 24.2 Å². The molecule has 10 nitrogen and oxygen atoms in total. The summed E-state index contributed by atoms with van der Waals surface area (Å²) in [6.45, 7) is 4.27. The Balaban J connectivity index is 0.000000333. The van der Waals surface area contributed by atoms with Crippen LogP contribution in [0, 0.1) is 0 Å². The van der Waals surface area contributed by atoms with Crippen LogP contribution in [0.25, 0.3) is 0 Å². The van der Waals surface area contributed by atoms with Gasteiger partial charge in [-0.05, 0) is 85.3 Å². The molecule has 2 N–H and O–H groups in total. The van der Waals surface area contributed by atoms with E-state index in [1.807, 2.05) is 0 Å². The standard InChI is InChI=1S/2C18H22O5S.Ca/c2*1-2-3-4-5-7-14-10-11-18(24(20,21)22)17(12-14)23-16-9-6-8-15(19)13-16;/h2*6,8-13,19H,2-5,7H2,1H3,(H,20,21,22);/q;;+2/p-2. The van der Waals surface area contributed by atoms with Gasteiger partial charge in [-0.2, -0.15) is 8.42 Å². The number of unbranched alkanes of at least 4 members (excludes halogenated alkanes) is 6. The molecule has 0 aromatic heterocycles. The average molecular weight is 739 g/mol. The van der Waals surface area contributed by atoms with Gasteiger partial charge in [-0.1, -0.05) is 82.7 Å². The second kappa shape index (κ2) is 20.7. The van der Waals surface area contributed by atoms with E-state index in [1.54, 1.807) is 36.4 Å². The Morgan fingerprint density at radius 3 is 1.59 bits per heavy atom. The Morgan fingerprint density at radius 2 is 1.12 bits per heavy atom. The van der Waals surface area contributed by atoms with Gasteiger partial charge in [0.1, 0.15) is 43.8 Å². The summed E-state index contributed by atoms with van der Waals surface area (Å²) in [6, 6.07) is 20.8. The van der Waals surface area contributed by atoms with Crippen molar-refractivity contribution in [3.63, 3.8) is 0 Å². The number of aryl methyl sites for hydroxylation is 2. The van der Waals surface area contributed by atoms with Crippen LogP contribution in [0.1, 0.15) is 76.3 Å². The zero-order valence-corrected chi connectivity index (χ0v) is 31.7. The fourth-order valence-corrected chi connectivity index (χ4v) is 6.02. The summed E-state index contributed by atoms with van der Waals surface area (Å²) in [4.78, 5) is -0.709. The van der Waals surface area contributed by atoms with Crippen molar-refractivity contribution in [1.29, 1.82) is 0 Å². The number of hydrogen-bond acceptors (Lipinski definition) is 9. The first-order valence-corrected chi connectivity index (χ1v) is 18.8. The molecule has 0 heterocycles. The third-order valence-corrected chi connectivity index (χ3v) is 9.05. The average Bonchev–Trinajstić information content (AvgIpc) is 3.01. The molecule has 0 aliphatic carbocycles. The van der Waals surface area contributed by atoms with Gasteiger partial charge in [0.15, 0.2) is 0 Å². The van der Waals surface area contributed by atoms with E-state index in [4.69, 9.17) is 9.47 Å². The van der Waals surface area contributed by atoms with E-state index in [-0.39, 0.29) is 71.4 Å². The molecule has 13 heteroatoms. The molecule has 0 saturated heterocycles. The van der Waals surface area contributed by atoms with Gasteiger partial charge in [0.05, 0.1) is 4.90 Å². The topological polar surface area (TPSA) is 173 Å². The third-order valence-electron chi connectivity index (χ3n) is 7.28. The summed E-state index contributed by atoms with van der Waals surface area (Å²) < 4.78 is 77.8. The largest absolute Gasteiger partial charge is 2.00 e. The van der Waals surface area contributed by atoms with Gasteiger partial charge in [-0.15, -0.1) is 5.75 Å². The Kier molecular flexibility index (Phi) is 17.9. The predicted octanol–water partition coefficient (Wildman–Crippen LogP) is 7.75. The molecule has 0 spiro atoms. The maximum absolute atomic E-state index is 11.5. The molecule has 0 amide bonds. The second-order valence-electron chi connectivity index (χ2n) is 11.3. The van der Waals surface area contributed by atoms with E-state index < -0.39 is 25.1 Å². The zero-order chi connectivity index (χ0) is 35.2. The molecule has 0 bridgehead atoms. The molecule has 0 unspecified atom stereocenters. The molecular weight excluding hydrogens is 697 g/mol. The molecule has 0 saturated carbocycles. The first-order valence-electron chi connectivity index (χ1n) is 15.9.